The first-order valence-electron chi connectivity index (χ1n) is 8.95. The second kappa shape index (κ2) is 9.83. The normalized spacial score (nSPS) is 10.9. The van der Waals surface area contributed by atoms with Crippen LogP contribution in [0.15, 0.2) is 40.9 Å². The molecule has 0 N–H and O–H groups in total. The van der Waals surface area contributed by atoms with Gasteiger partial charge in [-0.05, 0) is 76.3 Å². The second-order valence-electron chi connectivity index (χ2n) is 7.05. The largest absolute Gasteiger partial charge is 0.309 e. The number of halogens is 2. The molecule has 28 heavy (non-hydrogen) atoms. The van der Waals surface area contributed by atoms with Gasteiger partial charge in [-0.3, -0.25) is 9.69 Å². The Morgan fingerprint density at radius 1 is 1.14 bits per heavy atom. The van der Waals surface area contributed by atoms with Gasteiger partial charge in [0.15, 0.2) is 5.13 Å². The molecule has 3 aromatic rings. The van der Waals surface area contributed by atoms with Gasteiger partial charge in [-0.15, -0.1) is 12.4 Å². The summed E-state index contributed by atoms with van der Waals surface area (Å²) in [7, 11) is 4.09. The molecule has 1 heterocycles. The van der Waals surface area contributed by atoms with Crippen LogP contribution in [0.25, 0.3) is 10.2 Å². The topological polar surface area (TPSA) is 36.4 Å². The molecule has 2 aromatic carbocycles. The molecule has 0 aliphatic carbocycles. The van der Waals surface area contributed by atoms with Crippen molar-refractivity contribution < 1.29 is 4.79 Å². The first kappa shape index (κ1) is 22.8. The number of aromatic nitrogens is 1. The Kier molecular flexibility index (Phi) is 8.01. The Hall–Kier alpha value is -1.47. The summed E-state index contributed by atoms with van der Waals surface area (Å²) in [5.41, 5.74) is 4.02. The molecule has 0 aliphatic heterocycles. The summed E-state index contributed by atoms with van der Waals surface area (Å²) >= 11 is 5.05. The van der Waals surface area contributed by atoms with Crippen LogP contribution in [-0.2, 0) is 0 Å². The summed E-state index contributed by atoms with van der Waals surface area (Å²) in [5, 5.41) is 0.766. The minimum absolute atomic E-state index is 0. The lowest BCUT2D eigenvalue weighted by molar-refractivity contribution is 0.0986. The molecule has 0 aliphatic rings. The van der Waals surface area contributed by atoms with Crippen LogP contribution in [0.3, 0.4) is 0 Å². The van der Waals surface area contributed by atoms with Crippen LogP contribution in [0.4, 0.5) is 5.13 Å². The van der Waals surface area contributed by atoms with E-state index in [0.29, 0.717) is 12.1 Å². The van der Waals surface area contributed by atoms with Crippen LogP contribution >= 0.6 is 39.7 Å². The summed E-state index contributed by atoms with van der Waals surface area (Å²) in [6, 6.07) is 11.8. The van der Waals surface area contributed by atoms with E-state index in [-0.39, 0.29) is 18.3 Å². The van der Waals surface area contributed by atoms with Gasteiger partial charge in [-0.2, -0.15) is 0 Å². The van der Waals surface area contributed by atoms with Gasteiger partial charge < -0.3 is 4.90 Å². The van der Waals surface area contributed by atoms with Crippen LogP contribution in [0.5, 0.6) is 0 Å². The highest BCUT2D eigenvalue weighted by Crippen LogP contribution is 2.32. The van der Waals surface area contributed by atoms with Gasteiger partial charge in [0, 0.05) is 16.6 Å². The fraction of sp³-hybridized carbons (Fsp3) is 0.333. The zero-order valence-electron chi connectivity index (χ0n) is 16.5. The van der Waals surface area contributed by atoms with Gasteiger partial charge >= 0.3 is 0 Å². The van der Waals surface area contributed by atoms with E-state index < -0.39 is 0 Å². The lowest BCUT2D eigenvalue weighted by Crippen LogP contribution is -2.33. The average molecular weight is 483 g/mol. The number of hydrogen-bond acceptors (Lipinski definition) is 4. The lowest BCUT2D eigenvalue weighted by atomic mass is 10.1. The van der Waals surface area contributed by atoms with Crippen molar-refractivity contribution in [3.63, 3.8) is 0 Å². The number of carbonyl (C=O) groups is 1. The highest BCUT2D eigenvalue weighted by molar-refractivity contribution is 9.10. The molecular formula is C21H25BrClN3OS. The van der Waals surface area contributed by atoms with E-state index in [0.717, 1.165) is 38.3 Å². The number of hydrogen-bond donors (Lipinski definition) is 0. The standard InChI is InChI=1S/C21H24BrN3OS.ClH/c1-14-11-15(2)19-18(12-14)27-21(23-19)25(10-6-9-24(3)4)20(26)16-7-5-8-17(22)13-16;/h5,7-8,11-13H,6,9-10H2,1-4H3;1H. The first-order valence-corrected chi connectivity index (χ1v) is 10.6. The summed E-state index contributed by atoms with van der Waals surface area (Å²) in [4.78, 5) is 22.0. The number of anilines is 1. The molecule has 1 amide bonds. The molecule has 0 bridgehead atoms. The molecule has 0 saturated carbocycles. The van der Waals surface area contributed by atoms with Crippen LogP contribution in [-0.4, -0.2) is 43.0 Å². The van der Waals surface area contributed by atoms with Crippen molar-refractivity contribution in [1.29, 1.82) is 0 Å². The van der Waals surface area contributed by atoms with E-state index in [1.807, 2.05) is 43.3 Å². The number of thiazole rings is 1. The quantitative estimate of drug-likeness (QED) is 0.452. The highest BCUT2D eigenvalue weighted by atomic mass is 79.9. The molecule has 0 unspecified atom stereocenters. The number of aryl methyl sites for hydroxylation is 2. The van der Waals surface area contributed by atoms with Gasteiger partial charge in [0.05, 0.1) is 10.2 Å². The average Bonchev–Trinajstić information content (AvgIpc) is 3.02. The third-order valence-corrected chi connectivity index (χ3v) is 5.87. The predicted octanol–water partition coefficient (Wildman–Crippen LogP) is 5.70. The molecule has 0 fully saturated rings. The van der Waals surface area contributed by atoms with E-state index in [4.69, 9.17) is 4.98 Å². The van der Waals surface area contributed by atoms with Crippen LogP contribution < -0.4 is 4.90 Å². The molecule has 0 radical (unpaired) electrons. The molecule has 4 nitrogen and oxygen atoms in total. The Balaban J connectivity index is 0.00000280. The SMILES string of the molecule is Cc1cc(C)c2nc(N(CCCN(C)C)C(=O)c3cccc(Br)c3)sc2c1.Cl. The van der Waals surface area contributed by atoms with Crippen LogP contribution in [0, 0.1) is 13.8 Å². The monoisotopic (exact) mass is 481 g/mol. The molecule has 3 rings (SSSR count). The maximum atomic E-state index is 13.3. The van der Waals surface area contributed by atoms with Crippen molar-refractivity contribution in [2.75, 3.05) is 32.1 Å². The zero-order chi connectivity index (χ0) is 19.6. The van der Waals surface area contributed by atoms with Crippen molar-refractivity contribution in [2.45, 2.75) is 20.3 Å². The van der Waals surface area contributed by atoms with E-state index in [9.17, 15) is 4.79 Å². The highest BCUT2D eigenvalue weighted by Gasteiger charge is 2.22. The van der Waals surface area contributed by atoms with Gasteiger partial charge in [0.1, 0.15) is 0 Å². The van der Waals surface area contributed by atoms with E-state index in [1.165, 1.54) is 5.56 Å². The van der Waals surface area contributed by atoms with Crippen molar-refractivity contribution in [1.82, 2.24) is 9.88 Å². The first-order chi connectivity index (χ1) is 12.8. The van der Waals surface area contributed by atoms with E-state index >= 15 is 0 Å². The van der Waals surface area contributed by atoms with Gasteiger partial charge in [-0.1, -0.05) is 39.4 Å². The van der Waals surface area contributed by atoms with Crippen molar-refractivity contribution in [2.24, 2.45) is 0 Å². The number of nitrogens with zero attached hydrogens (tertiary/aromatic N) is 3. The number of rotatable bonds is 6. The Bertz CT molecular complexity index is 973. The van der Waals surface area contributed by atoms with Gasteiger partial charge in [0.2, 0.25) is 0 Å². The zero-order valence-corrected chi connectivity index (χ0v) is 19.7. The summed E-state index contributed by atoms with van der Waals surface area (Å²) in [6.07, 6.45) is 0.890. The maximum absolute atomic E-state index is 13.3. The molecular weight excluding hydrogens is 458 g/mol. The third-order valence-electron chi connectivity index (χ3n) is 4.35. The fourth-order valence-corrected chi connectivity index (χ4v) is 4.65. The molecule has 7 heteroatoms. The van der Waals surface area contributed by atoms with Gasteiger partial charge in [-0.25, -0.2) is 4.98 Å². The molecule has 0 spiro atoms. The maximum Gasteiger partial charge on any atom is 0.260 e. The van der Waals surface area contributed by atoms with Gasteiger partial charge in [0.25, 0.3) is 5.91 Å². The number of carbonyl (C=O) groups excluding carboxylic acids is 1. The Labute approximate surface area is 185 Å². The predicted molar refractivity (Wildman–Crippen MR) is 125 cm³/mol. The van der Waals surface area contributed by atoms with Crippen molar-refractivity contribution >= 4 is 60.9 Å². The van der Waals surface area contributed by atoms with Crippen molar-refractivity contribution in [3.8, 4) is 0 Å². The number of benzene rings is 2. The lowest BCUT2D eigenvalue weighted by Gasteiger charge is -2.21. The number of amides is 1. The molecule has 1 aromatic heterocycles. The molecule has 0 saturated heterocycles. The summed E-state index contributed by atoms with van der Waals surface area (Å²) < 4.78 is 2.03. The smallest absolute Gasteiger partial charge is 0.260 e. The Morgan fingerprint density at radius 3 is 2.57 bits per heavy atom. The summed E-state index contributed by atoms with van der Waals surface area (Å²) in [6.45, 7) is 5.73. The third kappa shape index (κ3) is 5.32. The summed E-state index contributed by atoms with van der Waals surface area (Å²) in [5.74, 6) is -0.0107. The van der Waals surface area contributed by atoms with E-state index in [2.05, 4.69) is 46.8 Å². The molecule has 150 valence electrons. The minimum atomic E-state index is -0.0107. The Morgan fingerprint density at radius 2 is 1.89 bits per heavy atom. The van der Waals surface area contributed by atoms with E-state index in [1.54, 1.807) is 11.3 Å². The van der Waals surface area contributed by atoms with Crippen LogP contribution in [0.2, 0.25) is 0 Å². The second-order valence-corrected chi connectivity index (χ2v) is 8.97. The number of fused-ring (bicyclic) bond motifs is 1. The van der Waals surface area contributed by atoms with Crippen molar-refractivity contribution in [3.05, 3.63) is 57.6 Å². The minimum Gasteiger partial charge on any atom is -0.309 e. The van der Waals surface area contributed by atoms with Crippen LogP contribution in [0.1, 0.15) is 27.9 Å². The molecule has 0 atom stereocenters. The fourth-order valence-electron chi connectivity index (χ4n) is 3.08.